The average Bonchev–Trinajstić information content (AvgIpc) is 2.69. The zero-order chi connectivity index (χ0) is 18.6. The van der Waals surface area contributed by atoms with Gasteiger partial charge in [0.1, 0.15) is 6.61 Å². The van der Waals surface area contributed by atoms with Gasteiger partial charge in [0.05, 0.1) is 6.54 Å². The van der Waals surface area contributed by atoms with Crippen LogP contribution in [-0.4, -0.2) is 17.5 Å². The first-order valence-corrected chi connectivity index (χ1v) is 10.3. The number of para-hydroxylation sites is 1. The molecule has 140 valence electrons. The van der Waals surface area contributed by atoms with Crippen LogP contribution in [-0.2, 0) is 11.3 Å². The summed E-state index contributed by atoms with van der Waals surface area (Å²) in [6.45, 7) is 3.09. The number of hydrogen-bond donors (Lipinski definition) is 0. The molecule has 1 atom stereocenters. The Balaban J connectivity index is 1.93. The topological polar surface area (TPSA) is 29.5 Å². The number of unbranched alkanes of at least 4 members (excludes halogenated alkanes) is 3. The molecule has 0 unspecified atom stereocenters. The largest absolute Gasteiger partial charge is 0.448 e. The summed E-state index contributed by atoms with van der Waals surface area (Å²) in [6.07, 6.45) is 5.60. The van der Waals surface area contributed by atoms with Gasteiger partial charge in [-0.3, -0.25) is 4.90 Å². The van der Waals surface area contributed by atoms with Crippen LogP contribution in [0.2, 0.25) is 0 Å². The minimum Gasteiger partial charge on any atom is -0.448 e. The molecule has 3 nitrogen and oxygen atoms in total. The quantitative estimate of drug-likeness (QED) is 0.323. The van der Waals surface area contributed by atoms with Gasteiger partial charge in [-0.15, -0.1) is 0 Å². The van der Waals surface area contributed by atoms with Crippen LogP contribution in [0.4, 0.5) is 10.5 Å². The van der Waals surface area contributed by atoms with Crippen molar-refractivity contribution in [2.24, 2.45) is 0 Å². The molecule has 26 heavy (non-hydrogen) atoms. The number of carbonyl (C=O) groups excluding carboxylic acids is 1. The first-order valence-electron chi connectivity index (χ1n) is 9.38. The van der Waals surface area contributed by atoms with E-state index < -0.39 is 0 Å². The molecule has 0 aliphatic heterocycles. The zero-order valence-corrected chi connectivity index (χ0v) is 17.0. The number of carbonyl (C=O) groups is 1. The molecule has 2 aromatic carbocycles. The van der Waals surface area contributed by atoms with Gasteiger partial charge in [-0.1, -0.05) is 97.1 Å². The molecule has 0 N–H and O–H groups in total. The lowest BCUT2D eigenvalue weighted by molar-refractivity contribution is 0.153. The van der Waals surface area contributed by atoms with Crippen molar-refractivity contribution in [2.45, 2.75) is 50.4 Å². The maximum Gasteiger partial charge on any atom is 0.414 e. The first-order chi connectivity index (χ1) is 12.7. The van der Waals surface area contributed by atoms with E-state index in [9.17, 15) is 4.79 Å². The summed E-state index contributed by atoms with van der Waals surface area (Å²) >= 11 is 3.63. The van der Waals surface area contributed by atoms with E-state index in [4.69, 9.17) is 4.74 Å². The average molecular weight is 418 g/mol. The smallest absolute Gasteiger partial charge is 0.414 e. The maximum absolute atomic E-state index is 12.7. The molecule has 0 aliphatic rings. The SMILES string of the molecule is CCCCCC[C@H](Br)COC(=O)N(Cc1ccccc1)c1ccccc1. The number of benzene rings is 2. The third kappa shape index (κ3) is 7.20. The second-order valence-corrected chi connectivity index (χ2v) is 7.73. The standard InChI is InChI=1S/C22H28BrNO2/c1-2-3-4-9-14-20(23)18-26-22(25)24(21-15-10-6-11-16-21)17-19-12-7-5-8-13-19/h5-8,10-13,15-16,20H,2-4,9,14,17-18H2,1H3/t20-/m0/s1. The van der Waals surface area contributed by atoms with Crippen molar-refractivity contribution in [3.8, 4) is 0 Å². The Morgan fingerprint density at radius 3 is 2.31 bits per heavy atom. The van der Waals surface area contributed by atoms with E-state index in [-0.39, 0.29) is 10.9 Å². The number of ether oxygens (including phenoxy) is 1. The Labute approximate surface area is 165 Å². The third-order valence-electron chi connectivity index (χ3n) is 4.23. The van der Waals surface area contributed by atoms with Crippen LogP contribution in [0.5, 0.6) is 0 Å². The molecule has 1 amide bonds. The van der Waals surface area contributed by atoms with Crippen LogP contribution in [0, 0.1) is 0 Å². The van der Waals surface area contributed by atoms with Gasteiger partial charge < -0.3 is 4.74 Å². The predicted molar refractivity (Wildman–Crippen MR) is 112 cm³/mol. The fourth-order valence-corrected chi connectivity index (χ4v) is 3.21. The summed E-state index contributed by atoms with van der Waals surface area (Å²) in [5, 5.41) is 0. The number of alkyl halides is 1. The van der Waals surface area contributed by atoms with Crippen LogP contribution in [0.1, 0.15) is 44.6 Å². The van der Waals surface area contributed by atoms with Crippen molar-refractivity contribution in [2.75, 3.05) is 11.5 Å². The molecule has 2 aromatic rings. The number of hydrogen-bond acceptors (Lipinski definition) is 2. The van der Waals surface area contributed by atoms with Crippen molar-refractivity contribution >= 4 is 27.7 Å². The van der Waals surface area contributed by atoms with Gasteiger partial charge >= 0.3 is 6.09 Å². The van der Waals surface area contributed by atoms with Gasteiger partial charge in [0.25, 0.3) is 0 Å². The lowest BCUT2D eigenvalue weighted by Crippen LogP contribution is -2.32. The van der Waals surface area contributed by atoms with Gasteiger partial charge in [0.2, 0.25) is 0 Å². The summed E-state index contributed by atoms with van der Waals surface area (Å²) in [7, 11) is 0. The summed E-state index contributed by atoms with van der Waals surface area (Å²) in [5.41, 5.74) is 1.92. The molecule has 0 bridgehead atoms. The monoisotopic (exact) mass is 417 g/mol. The Bertz CT molecular complexity index is 633. The first kappa shape index (κ1) is 20.5. The Morgan fingerprint density at radius 2 is 1.65 bits per heavy atom. The third-order valence-corrected chi connectivity index (χ3v) is 4.95. The molecule has 0 radical (unpaired) electrons. The normalized spacial score (nSPS) is 11.8. The molecular formula is C22H28BrNO2. The zero-order valence-electron chi connectivity index (χ0n) is 15.4. The number of halogens is 1. The van der Waals surface area contributed by atoms with E-state index in [0.29, 0.717) is 13.2 Å². The molecule has 0 heterocycles. The van der Waals surface area contributed by atoms with E-state index in [1.165, 1.54) is 19.3 Å². The highest BCUT2D eigenvalue weighted by atomic mass is 79.9. The van der Waals surface area contributed by atoms with Crippen LogP contribution < -0.4 is 4.90 Å². The number of rotatable bonds is 10. The number of nitrogens with zero attached hydrogens (tertiary/aromatic N) is 1. The lowest BCUT2D eigenvalue weighted by Gasteiger charge is -2.23. The molecule has 0 fully saturated rings. The van der Waals surface area contributed by atoms with Gasteiger partial charge in [0, 0.05) is 10.5 Å². The second-order valence-electron chi connectivity index (χ2n) is 6.43. The Kier molecular flexibility index (Phi) is 9.26. The predicted octanol–water partition coefficient (Wildman–Crippen LogP) is 6.56. The van der Waals surface area contributed by atoms with Crippen molar-refractivity contribution in [3.05, 3.63) is 66.2 Å². The molecule has 2 rings (SSSR count). The molecule has 0 aromatic heterocycles. The highest BCUT2D eigenvalue weighted by Gasteiger charge is 2.19. The van der Waals surface area contributed by atoms with Crippen molar-refractivity contribution in [1.82, 2.24) is 0 Å². The van der Waals surface area contributed by atoms with Gasteiger partial charge in [-0.05, 0) is 24.1 Å². The molecule has 0 spiro atoms. The van der Waals surface area contributed by atoms with Gasteiger partial charge in [0.15, 0.2) is 0 Å². The van der Waals surface area contributed by atoms with Gasteiger partial charge in [-0.2, -0.15) is 0 Å². The van der Waals surface area contributed by atoms with Gasteiger partial charge in [-0.25, -0.2) is 4.79 Å². The minimum absolute atomic E-state index is 0.206. The second kappa shape index (κ2) is 11.7. The lowest BCUT2D eigenvalue weighted by atomic mass is 10.1. The molecular weight excluding hydrogens is 390 g/mol. The fraction of sp³-hybridized carbons (Fsp3) is 0.409. The van der Waals surface area contributed by atoms with Crippen LogP contribution in [0.3, 0.4) is 0 Å². The summed E-state index contributed by atoms with van der Waals surface area (Å²) in [4.78, 5) is 14.6. The molecule has 0 saturated carbocycles. The maximum atomic E-state index is 12.7. The van der Waals surface area contributed by atoms with E-state index >= 15 is 0 Å². The Morgan fingerprint density at radius 1 is 1.00 bits per heavy atom. The van der Waals surface area contributed by atoms with Crippen LogP contribution in [0.25, 0.3) is 0 Å². The van der Waals surface area contributed by atoms with Crippen molar-refractivity contribution < 1.29 is 9.53 Å². The van der Waals surface area contributed by atoms with Crippen molar-refractivity contribution in [3.63, 3.8) is 0 Å². The Hall–Kier alpha value is -1.81. The van der Waals surface area contributed by atoms with Crippen molar-refractivity contribution in [1.29, 1.82) is 0 Å². The minimum atomic E-state index is -0.307. The van der Waals surface area contributed by atoms with Crippen LogP contribution >= 0.6 is 15.9 Å². The highest BCUT2D eigenvalue weighted by Crippen LogP contribution is 2.19. The summed E-state index contributed by atoms with van der Waals surface area (Å²) < 4.78 is 5.59. The van der Waals surface area contributed by atoms with Crippen LogP contribution in [0.15, 0.2) is 60.7 Å². The summed E-state index contributed by atoms with van der Waals surface area (Å²) in [6, 6.07) is 19.6. The number of amides is 1. The van der Waals surface area contributed by atoms with E-state index in [1.54, 1.807) is 4.90 Å². The molecule has 4 heteroatoms. The highest BCUT2D eigenvalue weighted by molar-refractivity contribution is 9.09. The van der Waals surface area contributed by atoms with E-state index in [0.717, 1.165) is 24.1 Å². The molecule has 0 saturated heterocycles. The fourth-order valence-electron chi connectivity index (χ4n) is 2.75. The summed E-state index contributed by atoms with van der Waals surface area (Å²) in [5.74, 6) is 0. The van der Waals surface area contributed by atoms with E-state index in [1.807, 2.05) is 60.7 Å². The number of anilines is 1. The van der Waals surface area contributed by atoms with E-state index in [2.05, 4.69) is 22.9 Å². The molecule has 0 aliphatic carbocycles.